The van der Waals surface area contributed by atoms with Crippen molar-refractivity contribution in [3.63, 3.8) is 0 Å². The van der Waals surface area contributed by atoms with Gasteiger partial charge in [-0.3, -0.25) is 4.79 Å². The molecule has 1 N–H and O–H groups in total. The van der Waals surface area contributed by atoms with Crippen molar-refractivity contribution in [3.05, 3.63) is 40.7 Å². The predicted molar refractivity (Wildman–Crippen MR) is 86.8 cm³/mol. The second-order valence-corrected chi connectivity index (χ2v) is 6.42. The molecule has 1 saturated heterocycles. The fourth-order valence-corrected chi connectivity index (χ4v) is 2.86. The van der Waals surface area contributed by atoms with Gasteiger partial charge < -0.3 is 10.0 Å². The summed E-state index contributed by atoms with van der Waals surface area (Å²) in [5, 5.41) is 19.2. The lowest BCUT2D eigenvalue weighted by molar-refractivity contribution is 0.0244. The minimum Gasteiger partial charge on any atom is -0.391 e. The molecule has 1 aromatic heterocycles. The molecule has 0 saturated carbocycles. The van der Waals surface area contributed by atoms with E-state index in [0.717, 1.165) is 6.42 Å². The molecule has 122 valence electrons. The Hall–Kier alpha value is -1.92. The normalized spacial score (nSPS) is 21.5. The van der Waals surface area contributed by atoms with Gasteiger partial charge in [-0.2, -0.15) is 9.90 Å². The number of benzene rings is 1. The number of β-amino-alcohol motifs (C(OH)–C–C–N with tert-alkyl or cyclic N) is 1. The van der Waals surface area contributed by atoms with Crippen molar-refractivity contribution in [1.82, 2.24) is 19.9 Å². The number of hydrogen-bond donors (Lipinski definition) is 1. The fraction of sp³-hybridized carbons (Fsp3) is 0.438. The molecule has 2 aromatic rings. The van der Waals surface area contributed by atoms with E-state index in [0.29, 0.717) is 35.2 Å². The van der Waals surface area contributed by atoms with Crippen LogP contribution in [0.1, 0.15) is 29.5 Å². The van der Waals surface area contributed by atoms with Crippen LogP contribution >= 0.6 is 11.6 Å². The Kier molecular flexibility index (Phi) is 4.37. The van der Waals surface area contributed by atoms with E-state index in [4.69, 9.17) is 11.6 Å². The number of carbonyl (C=O) groups excluding carboxylic acids is 1. The number of amides is 1. The van der Waals surface area contributed by atoms with Crippen LogP contribution in [0.4, 0.5) is 0 Å². The highest BCUT2D eigenvalue weighted by molar-refractivity contribution is 6.30. The van der Waals surface area contributed by atoms with Crippen LogP contribution in [0, 0.1) is 12.8 Å². The van der Waals surface area contributed by atoms with Gasteiger partial charge in [0, 0.05) is 18.1 Å². The van der Waals surface area contributed by atoms with Crippen LogP contribution in [-0.2, 0) is 0 Å². The lowest BCUT2D eigenvalue weighted by atomic mass is 9.96. The third-order valence-electron chi connectivity index (χ3n) is 4.23. The van der Waals surface area contributed by atoms with E-state index in [2.05, 4.69) is 10.2 Å². The average molecular weight is 335 g/mol. The van der Waals surface area contributed by atoms with Gasteiger partial charge in [0.05, 0.1) is 17.5 Å². The molecule has 2 atom stereocenters. The molecule has 3 rings (SSSR count). The van der Waals surface area contributed by atoms with Gasteiger partial charge in [0.15, 0.2) is 5.69 Å². The molecule has 23 heavy (non-hydrogen) atoms. The summed E-state index contributed by atoms with van der Waals surface area (Å²) in [6.07, 6.45) is 0.296. The molecule has 1 amide bonds. The van der Waals surface area contributed by atoms with Crippen LogP contribution in [-0.4, -0.2) is 50.1 Å². The largest absolute Gasteiger partial charge is 0.391 e. The van der Waals surface area contributed by atoms with Crippen LogP contribution in [0.3, 0.4) is 0 Å². The van der Waals surface area contributed by atoms with Gasteiger partial charge >= 0.3 is 0 Å². The molecule has 6 nitrogen and oxygen atoms in total. The average Bonchev–Trinajstić information content (AvgIpc) is 2.91. The van der Waals surface area contributed by atoms with Crippen molar-refractivity contribution in [3.8, 4) is 5.69 Å². The Morgan fingerprint density at radius 2 is 2.17 bits per heavy atom. The molecule has 1 aliphatic rings. The SMILES string of the molecule is Cc1nn(-c2cccc(Cl)c2)nc1C(=O)N1CCC(C)C(O)C1. The molecule has 1 aromatic carbocycles. The molecule has 7 heteroatoms. The molecule has 0 aliphatic carbocycles. The Morgan fingerprint density at radius 1 is 1.39 bits per heavy atom. The fourth-order valence-electron chi connectivity index (χ4n) is 2.68. The number of aromatic nitrogens is 3. The van der Waals surface area contributed by atoms with Gasteiger partial charge in [0.25, 0.3) is 5.91 Å². The summed E-state index contributed by atoms with van der Waals surface area (Å²) in [5.74, 6) is 0.0176. The van der Waals surface area contributed by atoms with Crippen molar-refractivity contribution in [2.24, 2.45) is 5.92 Å². The van der Waals surface area contributed by atoms with Crippen LogP contribution < -0.4 is 0 Å². The smallest absolute Gasteiger partial charge is 0.276 e. The second kappa shape index (κ2) is 6.29. The van der Waals surface area contributed by atoms with Gasteiger partial charge in [0.2, 0.25) is 0 Å². The van der Waals surface area contributed by atoms with E-state index in [-0.39, 0.29) is 11.8 Å². The van der Waals surface area contributed by atoms with Gasteiger partial charge in [-0.1, -0.05) is 24.6 Å². The summed E-state index contributed by atoms with van der Waals surface area (Å²) >= 11 is 5.98. The van der Waals surface area contributed by atoms with E-state index >= 15 is 0 Å². The van der Waals surface area contributed by atoms with Crippen molar-refractivity contribution >= 4 is 17.5 Å². The first-order valence-electron chi connectivity index (χ1n) is 7.63. The van der Waals surface area contributed by atoms with Crippen molar-refractivity contribution < 1.29 is 9.90 Å². The number of carbonyl (C=O) groups is 1. The maximum absolute atomic E-state index is 12.7. The third-order valence-corrected chi connectivity index (χ3v) is 4.46. The number of piperidine rings is 1. The molecule has 1 fully saturated rings. The Bertz CT molecular complexity index is 731. The number of aryl methyl sites for hydroxylation is 1. The topological polar surface area (TPSA) is 71.2 Å². The Labute approximate surface area is 139 Å². The van der Waals surface area contributed by atoms with E-state index in [1.165, 1.54) is 4.80 Å². The minimum atomic E-state index is -0.490. The Balaban J connectivity index is 1.85. The molecule has 0 spiro atoms. The van der Waals surface area contributed by atoms with Crippen LogP contribution in [0.5, 0.6) is 0 Å². The van der Waals surface area contributed by atoms with Crippen molar-refractivity contribution in [2.45, 2.75) is 26.4 Å². The summed E-state index contributed by atoms with van der Waals surface area (Å²) in [6, 6.07) is 7.14. The lowest BCUT2D eigenvalue weighted by Gasteiger charge is -2.33. The highest BCUT2D eigenvalue weighted by Crippen LogP contribution is 2.20. The highest BCUT2D eigenvalue weighted by atomic mass is 35.5. The minimum absolute atomic E-state index is 0.193. The number of aliphatic hydroxyl groups excluding tert-OH is 1. The number of halogens is 1. The van der Waals surface area contributed by atoms with E-state index in [9.17, 15) is 9.90 Å². The molecular formula is C16H19ClN4O2. The summed E-state index contributed by atoms with van der Waals surface area (Å²) < 4.78 is 0. The van der Waals surface area contributed by atoms with Crippen LogP contribution in [0.2, 0.25) is 5.02 Å². The predicted octanol–water partition coefficient (Wildman–Crippen LogP) is 2.07. The van der Waals surface area contributed by atoms with Crippen molar-refractivity contribution in [1.29, 1.82) is 0 Å². The molecular weight excluding hydrogens is 316 g/mol. The van der Waals surface area contributed by atoms with Gasteiger partial charge in [-0.15, -0.1) is 5.10 Å². The molecule has 1 aliphatic heterocycles. The summed E-state index contributed by atoms with van der Waals surface area (Å²) in [6.45, 7) is 4.71. The number of aliphatic hydroxyl groups is 1. The standard InChI is InChI=1S/C16H19ClN4O2/c1-10-6-7-20(9-14(10)22)16(23)15-11(2)18-21(19-15)13-5-3-4-12(17)8-13/h3-5,8,10,14,22H,6-7,9H2,1-2H3. The quantitative estimate of drug-likeness (QED) is 0.912. The number of likely N-dealkylation sites (tertiary alicyclic amines) is 1. The van der Waals surface area contributed by atoms with E-state index in [1.807, 2.05) is 13.0 Å². The molecule has 2 heterocycles. The maximum Gasteiger partial charge on any atom is 0.276 e. The number of hydrogen-bond acceptors (Lipinski definition) is 4. The summed E-state index contributed by atoms with van der Waals surface area (Å²) in [7, 11) is 0. The van der Waals surface area contributed by atoms with E-state index in [1.54, 1.807) is 30.0 Å². The lowest BCUT2D eigenvalue weighted by Crippen LogP contribution is -2.46. The Morgan fingerprint density at radius 3 is 2.87 bits per heavy atom. The zero-order chi connectivity index (χ0) is 16.6. The molecule has 0 bridgehead atoms. The van der Waals surface area contributed by atoms with Crippen LogP contribution in [0.15, 0.2) is 24.3 Å². The first-order valence-corrected chi connectivity index (χ1v) is 8.00. The van der Waals surface area contributed by atoms with Gasteiger partial charge in [-0.25, -0.2) is 0 Å². The first-order chi connectivity index (χ1) is 11.0. The number of rotatable bonds is 2. The van der Waals surface area contributed by atoms with Gasteiger partial charge in [-0.05, 0) is 37.5 Å². The zero-order valence-electron chi connectivity index (χ0n) is 13.1. The molecule has 0 radical (unpaired) electrons. The molecule has 2 unspecified atom stereocenters. The summed E-state index contributed by atoms with van der Waals surface area (Å²) in [5.41, 5.74) is 1.57. The van der Waals surface area contributed by atoms with Gasteiger partial charge in [0.1, 0.15) is 0 Å². The zero-order valence-corrected chi connectivity index (χ0v) is 13.9. The monoisotopic (exact) mass is 334 g/mol. The van der Waals surface area contributed by atoms with Crippen molar-refractivity contribution in [2.75, 3.05) is 13.1 Å². The second-order valence-electron chi connectivity index (χ2n) is 5.99. The number of nitrogens with zero attached hydrogens (tertiary/aromatic N) is 4. The first kappa shape index (κ1) is 16.0. The maximum atomic E-state index is 12.7. The van der Waals surface area contributed by atoms with E-state index < -0.39 is 6.10 Å². The third kappa shape index (κ3) is 3.23. The summed E-state index contributed by atoms with van der Waals surface area (Å²) in [4.78, 5) is 15.7. The van der Waals surface area contributed by atoms with Crippen LogP contribution in [0.25, 0.3) is 5.69 Å². The highest BCUT2D eigenvalue weighted by Gasteiger charge is 2.30.